The summed E-state index contributed by atoms with van der Waals surface area (Å²) >= 11 is 0. The molecular formula is C17H25N3O. The second kappa shape index (κ2) is 5.43. The molecule has 1 aliphatic carbocycles. The smallest absolute Gasteiger partial charge is 0.243 e. The summed E-state index contributed by atoms with van der Waals surface area (Å²) in [6.45, 7) is 3.60. The minimum absolute atomic E-state index is 0.101. The quantitative estimate of drug-likeness (QED) is 0.854. The number of nitrogens with two attached hydrogens (primary N) is 2. The molecule has 114 valence electrons. The van der Waals surface area contributed by atoms with Crippen molar-refractivity contribution in [3.63, 3.8) is 0 Å². The second-order valence-corrected chi connectivity index (χ2v) is 6.79. The Hall–Kier alpha value is -1.39. The Labute approximate surface area is 126 Å². The van der Waals surface area contributed by atoms with E-state index in [1.807, 2.05) is 24.0 Å². The van der Waals surface area contributed by atoms with E-state index in [2.05, 4.69) is 12.1 Å². The number of hydrogen-bond donors (Lipinski definition) is 2. The van der Waals surface area contributed by atoms with Gasteiger partial charge in [0, 0.05) is 19.1 Å². The lowest BCUT2D eigenvalue weighted by Gasteiger charge is -2.38. The predicted octanol–water partition coefficient (Wildman–Crippen LogP) is 1.07. The number of likely N-dealkylation sites (tertiary alicyclic amines) is 1. The van der Waals surface area contributed by atoms with Gasteiger partial charge in [-0.25, -0.2) is 0 Å². The molecule has 0 bridgehead atoms. The summed E-state index contributed by atoms with van der Waals surface area (Å²) < 4.78 is 0. The first-order chi connectivity index (χ1) is 9.99. The van der Waals surface area contributed by atoms with E-state index >= 15 is 0 Å². The van der Waals surface area contributed by atoms with Gasteiger partial charge in [-0.15, -0.1) is 0 Å². The van der Waals surface area contributed by atoms with Crippen LogP contribution in [0.25, 0.3) is 0 Å². The fourth-order valence-corrected chi connectivity index (χ4v) is 3.73. The monoisotopic (exact) mass is 287 g/mol. The SMILES string of the molecule is CC(N)C1CCCN(C(=O)C2(N)Cc3ccccc3C2)C1. The molecule has 4 nitrogen and oxygen atoms in total. The number of amides is 1. The predicted molar refractivity (Wildman–Crippen MR) is 83.7 cm³/mol. The van der Waals surface area contributed by atoms with Gasteiger partial charge < -0.3 is 16.4 Å². The number of hydrogen-bond acceptors (Lipinski definition) is 3. The van der Waals surface area contributed by atoms with Gasteiger partial charge in [0.25, 0.3) is 0 Å². The van der Waals surface area contributed by atoms with Crippen LogP contribution in [0, 0.1) is 5.92 Å². The molecule has 1 fully saturated rings. The van der Waals surface area contributed by atoms with E-state index < -0.39 is 5.54 Å². The van der Waals surface area contributed by atoms with Crippen LogP contribution in [-0.2, 0) is 17.6 Å². The van der Waals surface area contributed by atoms with Gasteiger partial charge in [0.15, 0.2) is 0 Å². The Balaban J connectivity index is 1.74. The zero-order valence-corrected chi connectivity index (χ0v) is 12.7. The van der Waals surface area contributed by atoms with E-state index in [9.17, 15) is 4.79 Å². The molecule has 1 aliphatic heterocycles. The lowest BCUT2D eigenvalue weighted by molar-refractivity contribution is -0.138. The zero-order valence-electron chi connectivity index (χ0n) is 12.7. The number of piperidine rings is 1. The molecule has 3 rings (SSSR count). The van der Waals surface area contributed by atoms with E-state index in [0.717, 1.165) is 25.9 Å². The van der Waals surface area contributed by atoms with Crippen molar-refractivity contribution in [2.45, 2.75) is 44.2 Å². The van der Waals surface area contributed by atoms with E-state index in [0.29, 0.717) is 18.8 Å². The Morgan fingerprint density at radius 1 is 1.33 bits per heavy atom. The minimum Gasteiger partial charge on any atom is -0.341 e. The van der Waals surface area contributed by atoms with E-state index in [1.165, 1.54) is 11.1 Å². The lowest BCUT2D eigenvalue weighted by Crippen LogP contribution is -2.58. The Bertz CT molecular complexity index is 516. The van der Waals surface area contributed by atoms with Gasteiger partial charge in [-0.3, -0.25) is 4.79 Å². The highest BCUT2D eigenvalue weighted by atomic mass is 16.2. The van der Waals surface area contributed by atoms with Gasteiger partial charge in [-0.05, 0) is 49.7 Å². The number of nitrogens with zero attached hydrogens (tertiary/aromatic N) is 1. The molecule has 4 heteroatoms. The number of fused-ring (bicyclic) bond motifs is 1. The summed E-state index contributed by atoms with van der Waals surface area (Å²) in [5, 5.41) is 0. The normalized spacial score (nSPS) is 25.5. The Morgan fingerprint density at radius 3 is 2.52 bits per heavy atom. The molecule has 1 aromatic carbocycles. The lowest BCUT2D eigenvalue weighted by atomic mass is 9.89. The second-order valence-electron chi connectivity index (χ2n) is 6.79. The summed E-state index contributed by atoms with van der Waals surface area (Å²) in [5.74, 6) is 0.499. The van der Waals surface area contributed by atoms with Crippen molar-refractivity contribution in [1.82, 2.24) is 4.90 Å². The first-order valence-electron chi connectivity index (χ1n) is 7.90. The fourth-order valence-electron chi connectivity index (χ4n) is 3.73. The van der Waals surface area contributed by atoms with Crippen LogP contribution in [0.3, 0.4) is 0 Å². The van der Waals surface area contributed by atoms with Crippen LogP contribution in [0.2, 0.25) is 0 Å². The number of benzene rings is 1. The summed E-state index contributed by atoms with van der Waals surface area (Å²) in [4.78, 5) is 14.9. The minimum atomic E-state index is -0.761. The van der Waals surface area contributed by atoms with Gasteiger partial charge in [0.1, 0.15) is 5.54 Å². The van der Waals surface area contributed by atoms with Crippen LogP contribution in [-0.4, -0.2) is 35.5 Å². The highest BCUT2D eigenvalue weighted by Crippen LogP contribution is 2.31. The zero-order chi connectivity index (χ0) is 15.0. The van der Waals surface area contributed by atoms with Crippen molar-refractivity contribution in [2.24, 2.45) is 17.4 Å². The van der Waals surface area contributed by atoms with E-state index in [1.54, 1.807) is 0 Å². The fraction of sp³-hybridized carbons (Fsp3) is 0.588. The Morgan fingerprint density at radius 2 is 1.95 bits per heavy atom. The maximum absolute atomic E-state index is 12.9. The van der Waals surface area contributed by atoms with Crippen LogP contribution in [0.15, 0.2) is 24.3 Å². The number of carbonyl (C=O) groups is 1. The molecular weight excluding hydrogens is 262 g/mol. The molecule has 2 atom stereocenters. The van der Waals surface area contributed by atoms with Crippen molar-refractivity contribution in [1.29, 1.82) is 0 Å². The van der Waals surface area contributed by atoms with Gasteiger partial charge in [0.2, 0.25) is 5.91 Å². The first-order valence-corrected chi connectivity index (χ1v) is 7.90. The van der Waals surface area contributed by atoms with Crippen LogP contribution in [0.4, 0.5) is 0 Å². The molecule has 4 N–H and O–H groups in total. The molecule has 1 aromatic rings. The van der Waals surface area contributed by atoms with Gasteiger partial charge >= 0.3 is 0 Å². The van der Waals surface area contributed by atoms with Gasteiger partial charge in [-0.2, -0.15) is 0 Å². The van der Waals surface area contributed by atoms with Crippen LogP contribution in [0.5, 0.6) is 0 Å². The van der Waals surface area contributed by atoms with Crippen LogP contribution in [0.1, 0.15) is 30.9 Å². The summed E-state index contributed by atoms with van der Waals surface area (Å²) in [6, 6.07) is 8.33. The molecule has 1 saturated heterocycles. The van der Waals surface area contributed by atoms with Crippen LogP contribution < -0.4 is 11.5 Å². The number of carbonyl (C=O) groups excluding carboxylic acids is 1. The molecule has 0 radical (unpaired) electrons. The summed E-state index contributed by atoms with van der Waals surface area (Å²) in [5.41, 5.74) is 14.2. The molecule has 2 aliphatic rings. The van der Waals surface area contributed by atoms with Crippen molar-refractivity contribution in [3.05, 3.63) is 35.4 Å². The maximum Gasteiger partial charge on any atom is 0.243 e. The van der Waals surface area contributed by atoms with Crippen molar-refractivity contribution >= 4 is 5.91 Å². The van der Waals surface area contributed by atoms with Gasteiger partial charge in [0.05, 0.1) is 0 Å². The van der Waals surface area contributed by atoms with E-state index in [-0.39, 0.29) is 11.9 Å². The molecule has 1 heterocycles. The van der Waals surface area contributed by atoms with Gasteiger partial charge in [-0.1, -0.05) is 24.3 Å². The topological polar surface area (TPSA) is 72.3 Å². The average Bonchev–Trinajstić information content (AvgIpc) is 2.84. The third kappa shape index (κ3) is 2.70. The number of rotatable bonds is 2. The first kappa shape index (κ1) is 14.5. The van der Waals surface area contributed by atoms with Crippen molar-refractivity contribution in [3.8, 4) is 0 Å². The third-order valence-electron chi connectivity index (χ3n) is 5.04. The largest absolute Gasteiger partial charge is 0.341 e. The standard InChI is InChI=1S/C17H25N3O/c1-12(18)15-7-4-8-20(11-15)16(21)17(19)9-13-5-2-3-6-14(13)10-17/h2-3,5-6,12,15H,4,7-11,18-19H2,1H3. The average molecular weight is 287 g/mol. The third-order valence-corrected chi connectivity index (χ3v) is 5.04. The molecule has 0 saturated carbocycles. The summed E-state index contributed by atoms with van der Waals surface area (Å²) in [7, 11) is 0. The highest BCUT2D eigenvalue weighted by molar-refractivity contribution is 5.88. The van der Waals surface area contributed by atoms with Crippen LogP contribution >= 0.6 is 0 Å². The Kier molecular flexibility index (Phi) is 3.76. The van der Waals surface area contributed by atoms with E-state index in [4.69, 9.17) is 11.5 Å². The van der Waals surface area contributed by atoms with Crippen molar-refractivity contribution < 1.29 is 4.79 Å². The molecule has 0 spiro atoms. The molecule has 2 unspecified atom stereocenters. The molecule has 0 aromatic heterocycles. The van der Waals surface area contributed by atoms with Crippen molar-refractivity contribution in [2.75, 3.05) is 13.1 Å². The molecule has 21 heavy (non-hydrogen) atoms. The molecule has 1 amide bonds. The summed E-state index contributed by atoms with van der Waals surface area (Å²) in [6.07, 6.45) is 3.45. The maximum atomic E-state index is 12.9. The highest BCUT2D eigenvalue weighted by Gasteiger charge is 2.43.